The molecule has 3 aliphatic heterocycles. The van der Waals surface area contributed by atoms with E-state index in [9.17, 15) is 13.2 Å². The maximum absolute atomic E-state index is 12.2. The van der Waals surface area contributed by atoms with Gasteiger partial charge in [-0.1, -0.05) is 6.92 Å². The van der Waals surface area contributed by atoms with Gasteiger partial charge in [0.2, 0.25) is 0 Å². The molecule has 0 aromatic heterocycles. The van der Waals surface area contributed by atoms with E-state index in [-0.39, 0.29) is 12.1 Å². The lowest BCUT2D eigenvalue weighted by Crippen LogP contribution is -2.52. The SMILES string of the molecule is CCC(C)(C)C(=O)OC1C2CC3C(O2)C1(C)OS3(=O)=O. The molecule has 114 valence electrons. The number of hydrogen-bond acceptors (Lipinski definition) is 6. The van der Waals surface area contributed by atoms with Gasteiger partial charge in [0.15, 0.2) is 11.7 Å². The quantitative estimate of drug-likeness (QED) is 0.571. The highest BCUT2D eigenvalue weighted by Crippen LogP contribution is 2.54. The first-order valence-electron chi connectivity index (χ1n) is 6.93. The van der Waals surface area contributed by atoms with Crippen LogP contribution in [0.15, 0.2) is 0 Å². The Morgan fingerprint density at radius 3 is 2.70 bits per heavy atom. The minimum Gasteiger partial charge on any atom is -0.456 e. The first-order chi connectivity index (χ1) is 9.12. The fraction of sp³-hybridized carbons (Fsp3) is 0.923. The second-order valence-electron chi connectivity index (χ2n) is 6.69. The van der Waals surface area contributed by atoms with Crippen LogP contribution in [0, 0.1) is 5.41 Å². The van der Waals surface area contributed by atoms with Gasteiger partial charge >= 0.3 is 5.97 Å². The topological polar surface area (TPSA) is 78.9 Å². The molecule has 3 saturated heterocycles. The molecule has 3 fully saturated rings. The number of ether oxygens (including phenoxy) is 2. The zero-order chi connectivity index (χ0) is 14.9. The predicted octanol–water partition coefficient (Wildman–Crippen LogP) is 0.993. The van der Waals surface area contributed by atoms with Crippen LogP contribution in [0.25, 0.3) is 0 Å². The van der Waals surface area contributed by atoms with E-state index in [0.29, 0.717) is 12.8 Å². The van der Waals surface area contributed by atoms with E-state index in [4.69, 9.17) is 13.7 Å². The average molecular weight is 304 g/mol. The van der Waals surface area contributed by atoms with Crippen LogP contribution in [0.4, 0.5) is 0 Å². The largest absolute Gasteiger partial charge is 0.456 e. The molecule has 0 aromatic rings. The summed E-state index contributed by atoms with van der Waals surface area (Å²) in [6.07, 6.45) is -0.581. The molecule has 6 nitrogen and oxygen atoms in total. The van der Waals surface area contributed by atoms with Crippen molar-refractivity contribution in [2.45, 2.75) is 69.7 Å². The van der Waals surface area contributed by atoms with E-state index in [1.807, 2.05) is 6.92 Å². The van der Waals surface area contributed by atoms with Crippen LogP contribution in [-0.4, -0.2) is 43.5 Å². The molecule has 0 spiro atoms. The molecule has 3 heterocycles. The van der Waals surface area contributed by atoms with Crippen molar-refractivity contribution in [1.82, 2.24) is 0 Å². The normalized spacial score (nSPS) is 44.8. The fourth-order valence-corrected chi connectivity index (χ4v) is 5.08. The van der Waals surface area contributed by atoms with Gasteiger partial charge in [-0.25, -0.2) is 0 Å². The van der Waals surface area contributed by atoms with Crippen molar-refractivity contribution in [2.24, 2.45) is 5.41 Å². The third-order valence-corrected chi connectivity index (χ3v) is 6.70. The van der Waals surface area contributed by atoms with Crippen LogP contribution in [-0.2, 0) is 28.6 Å². The smallest absolute Gasteiger partial charge is 0.311 e. The second kappa shape index (κ2) is 3.96. The van der Waals surface area contributed by atoms with Crippen molar-refractivity contribution >= 4 is 16.1 Å². The summed E-state index contributed by atoms with van der Waals surface area (Å²) in [7, 11) is -3.62. The van der Waals surface area contributed by atoms with Crippen molar-refractivity contribution in [3.05, 3.63) is 0 Å². The van der Waals surface area contributed by atoms with Gasteiger partial charge in [-0.2, -0.15) is 8.42 Å². The first kappa shape index (κ1) is 14.3. The van der Waals surface area contributed by atoms with E-state index in [1.165, 1.54) is 0 Å². The summed E-state index contributed by atoms with van der Waals surface area (Å²) in [6.45, 7) is 7.18. The summed E-state index contributed by atoms with van der Waals surface area (Å²) in [6, 6.07) is 0. The van der Waals surface area contributed by atoms with Gasteiger partial charge in [-0.05, 0) is 33.6 Å². The van der Waals surface area contributed by atoms with Gasteiger partial charge in [0.1, 0.15) is 11.4 Å². The highest BCUT2D eigenvalue weighted by Gasteiger charge is 2.73. The summed E-state index contributed by atoms with van der Waals surface area (Å²) in [5, 5.41) is -0.619. The third-order valence-electron chi connectivity index (χ3n) is 4.93. The Kier molecular flexibility index (Phi) is 2.82. The Bertz CT molecular complexity index is 553. The minimum absolute atomic E-state index is 0.340. The fourth-order valence-electron chi connectivity index (χ4n) is 3.20. The lowest BCUT2D eigenvalue weighted by molar-refractivity contribution is -0.170. The molecule has 0 N–H and O–H groups in total. The highest BCUT2D eigenvalue weighted by atomic mass is 32.2. The van der Waals surface area contributed by atoms with Gasteiger partial charge in [0.05, 0.1) is 11.5 Å². The summed E-state index contributed by atoms with van der Waals surface area (Å²) in [5.74, 6) is -0.341. The molecule has 20 heavy (non-hydrogen) atoms. The van der Waals surface area contributed by atoms with Gasteiger partial charge in [0, 0.05) is 0 Å². The molecule has 5 unspecified atom stereocenters. The van der Waals surface area contributed by atoms with Crippen molar-refractivity contribution in [2.75, 3.05) is 0 Å². The van der Waals surface area contributed by atoms with Gasteiger partial charge in [-0.3, -0.25) is 8.98 Å². The monoisotopic (exact) mass is 304 g/mol. The molecule has 0 saturated carbocycles. The van der Waals surface area contributed by atoms with E-state index < -0.39 is 38.6 Å². The number of rotatable bonds is 3. The Labute approximate surface area is 118 Å². The van der Waals surface area contributed by atoms with Crippen LogP contribution in [0.1, 0.15) is 40.5 Å². The van der Waals surface area contributed by atoms with Crippen molar-refractivity contribution in [3.63, 3.8) is 0 Å². The maximum atomic E-state index is 12.2. The highest BCUT2D eigenvalue weighted by molar-refractivity contribution is 7.87. The summed E-state index contributed by atoms with van der Waals surface area (Å²) >= 11 is 0. The number of esters is 1. The summed E-state index contributed by atoms with van der Waals surface area (Å²) in [4.78, 5) is 12.2. The third kappa shape index (κ3) is 1.69. The van der Waals surface area contributed by atoms with Gasteiger partial charge in [-0.15, -0.1) is 0 Å². The first-order valence-corrected chi connectivity index (χ1v) is 8.40. The number of fused-ring (bicyclic) bond motifs is 1. The van der Waals surface area contributed by atoms with E-state index >= 15 is 0 Å². The average Bonchev–Trinajstić information content (AvgIpc) is 2.91. The molecule has 3 aliphatic rings. The molecule has 2 bridgehead atoms. The van der Waals surface area contributed by atoms with E-state index in [0.717, 1.165) is 0 Å². The van der Waals surface area contributed by atoms with Crippen molar-refractivity contribution < 1.29 is 26.9 Å². The standard InChI is InChI=1S/C13H20O6S/c1-5-12(2,3)11(14)18-9-7-6-8-10(17-7)13(9,4)19-20(8,15)16/h7-10H,5-6H2,1-4H3. The molecular formula is C13H20O6S. The molecule has 0 amide bonds. The lowest BCUT2D eigenvalue weighted by atomic mass is 9.83. The van der Waals surface area contributed by atoms with Crippen LogP contribution in [0.3, 0.4) is 0 Å². The second-order valence-corrected chi connectivity index (χ2v) is 8.45. The number of hydrogen-bond donors (Lipinski definition) is 0. The molecule has 5 atom stereocenters. The van der Waals surface area contributed by atoms with Crippen LogP contribution >= 0.6 is 0 Å². The maximum Gasteiger partial charge on any atom is 0.311 e. The lowest BCUT2D eigenvalue weighted by Gasteiger charge is -2.33. The Morgan fingerprint density at radius 1 is 1.45 bits per heavy atom. The van der Waals surface area contributed by atoms with E-state index in [2.05, 4.69) is 0 Å². The molecular weight excluding hydrogens is 284 g/mol. The van der Waals surface area contributed by atoms with Crippen molar-refractivity contribution in [1.29, 1.82) is 0 Å². The Hall–Kier alpha value is -0.660. The molecule has 7 heteroatoms. The van der Waals surface area contributed by atoms with Crippen LogP contribution < -0.4 is 0 Å². The van der Waals surface area contributed by atoms with Gasteiger partial charge < -0.3 is 9.47 Å². The van der Waals surface area contributed by atoms with Crippen LogP contribution in [0.5, 0.6) is 0 Å². The molecule has 0 radical (unpaired) electrons. The predicted molar refractivity (Wildman–Crippen MR) is 69.4 cm³/mol. The van der Waals surface area contributed by atoms with Crippen LogP contribution in [0.2, 0.25) is 0 Å². The zero-order valence-electron chi connectivity index (χ0n) is 12.1. The Morgan fingerprint density at radius 2 is 2.10 bits per heavy atom. The minimum atomic E-state index is -3.62. The van der Waals surface area contributed by atoms with E-state index in [1.54, 1.807) is 20.8 Å². The zero-order valence-corrected chi connectivity index (χ0v) is 12.9. The summed E-state index contributed by atoms with van der Waals surface area (Å²) in [5.41, 5.74) is -1.68. The van der Waals surface area contributed by atoms with Gasteiger partial charge in [0.25, 0.3) is 10.1 Å². The molecule has 3 rings (SSSR count). The molecule has 0 aromatic carbocycles. The summed E-state index contributed by atoms with van der Waals surface area (Å²) < 4.78 is 40.3. The number of carbonyl (C=O) groups excluding carboxylic acids is 1. The molecule has 0 aliphatic carbocycles. The van der Waals surface area contributed by atoms with Crippen molar-refractivity contribution in [3.8, 4) is 0 Å². The number of carbonyl (C=O) groups is 1. The Balaban J connectivity index is 1.86.